The summed E-state index contributed by atoms with van der Waals surface area (Å²) in [4.78, 5) is 10.0. The molecule has 0 heterocycles. The fourth-order valence-corrected chi connectivity index (χ4v) is 1.10. The Kier molecular flexibility index (Phi) is 4.29. The third kappa shape index (κ3) is 4.56. The van der Waals surface area contributed by atoms with Crippen LogP contribution in [-0.4, -0.2) is 21.2 Å². The second kappa shape index (κ2) is 4.24. The van der Waals surface area contributed by atoms with Crippen LogP contribution in [0.3, 0.4) is 0 Å². The van der Waals surface area contributed by atoms with Crippen LogP contribution in [0.1, 0.15) is 13.3 Å². The highest BCUT2D eigenvalue weighted by Gasteiger charge is 2.34. The predicted molar refractivity (Wildman–Crippen MR) is 43.5 cm³/mol. The summed E-state index contributed by atoms with van der Waals surface area (Å²) in [7, 11) is 0. The predicted octanol–water partition coefficient (Wildman–Crippen LogP) is 2.83. The molecule has 66 valence electrons. The number of rotatable bonds is 2. The van der Waals surface area contributed by atoms with Gasteiger partial charge in [-0.1, -0.05) is 41.7 Å². The molecule has 0 saturated carbocycles. The first-order valence-corrected chi connectivity index (χ1v) is 3.97. The lowest BCUT2D eigenvalue weighted by atomic mass is 10.3. The molecule has 6 heteroatoms. The van der Waals surface area contributed by atoms with E-state index in [1.54, 1.807) is 6.92 Å². The van der Waals surface area contributed by atoms with Crippen molar-refractivity contribution in [3.8, 4) is 0 Å². The zero-order valence-electron chi connectivity index (χ0n) is 5.68. The summed E-state index contributed by atoms with van der Waals surface area (Å²) in [5.74, 6) is 0. The SMILES string of the molecule is CCC(OC(=O)O)C(Cl)(Cl)Cl. The van der Waals surface area contributed by atoms with Gasteiger partial charge in [0.2, 0.25) is 3.79 Å². The zero-order chi connectivity index (χ0) is 9.07. The lowest BCUT2D eigenvalue weighted by molar-refractivity contribution is 0.0516. The Balaban J connectivity index is 4.07. The second-order valence-corrected chi connectivity index (χ2v) is 4.19. The topological polar surface area (TPSA) is 46.5 Å². The molecule has 1 atom stereocenters. The molecular weight excluding hydrogens is 214 g/mol. The van der Waals surface area contributed by atoms with Gasteiger partial charge in [0, 0.05) is 0 Å². The molecule has 0 aromatic heterocycles. The molecule has 11 heavy (non-hydrogen) atoms. The Morgan fingerprint density at radius 1 is 1.64 bits per heavy atom. The molecule has 0 aliphatic heterocycles. The van der Waals surface area contributed by atoms with E-state index < -0.39 is 16.1 Å². The normalized spacial score (nSPS) is 14.2. The smallest absolute Gasteiger partial charge is 0.450 e. The lowest BCUT2D eigenvalue weighted by Gasteiger charge is -2.20. The molecule has 1 N–H and O–H groups in total. The van der Waals surface area contributed by atoms with Crippen molar-refractivity contribution in [1.29, 1.82) is 0 Å². The van der Waals surface area contributed by atoms with Gasteiger partial charge in [0.05, 0.1) is 0 Å². The molecule has 0 amide bonds. The fourth-order valence-electron chi connectivity index (χ4n) is 0.503. The first-order chi connectivity index (χ1) is 4.88. The van der Waals surface area contributed by atoms with Gasteiger partial charge in [0.15, 0.2) is 6.10 Å². The van der Waals surface area contributed by atoms with E-state index in [-0.39, 0.29) is 0 Å². The minimum absolute atomic E-state index is 0.322. The van der Waals surface area contributed by atoms with Gasteiger partial charge >= 0.3 is 6.16 Å². The molecular formula is C5H7Cl3O3. The molecule has 0 aliphatic rings. The minimum Gasteiger partial charge on any atom is -0.450 e. The summed E-state index contributed by atoms with van der Waals surface area (Å²) in [6.45, 7) is 1.66. The summed E-state index contributed by atoms with van der Waals surface area (Å²) in [5, 5.41) is 8.18. The van der Waals surface area contributed by atoms with E-state index in [1.165, 1.54) is 0 Å². The summed E-state index contributed by atoms with van der Waals surface area (Å²) >= 11 is 16.2. The van der Waals surface area contributed by atoms with Gasteiger partial charge < -0.3 is 9.84 Å². The molecule has 0 aliphatic carbocycles. The van der Waals surface area contributed by atoms with E-state index in [0.717, 1.165) is 0 Å². The van der Waals surface area contributed by atoms with Crippen LogP contribution in [0, 0.1) is 0 Å². The van der Waals surface area contributed by atoms with E-state index >= 15 is 0 Å². The average molecular weight is 221 g/mol. The van der Waals surface area contributed by atoms with Crippen LogP contribution >= 0.6 is 34.8 Å². The highest BCUT2D eigenvalue weighted by Crippen LogP contribution is 2.33. The van der Waals surface area contributed by atoms with Gasteiger partial charge in [-0.15, -0.1) is 0 Å². The van der Waals surface area contributed by atoms with Gasteiger partial charge in [0.25, 0.3) is 0 Å². The third-order valence-corrected chi connectivity index (χ3v) is 1.71. The van der Waals surface area contributed by atoms with Crippen molar-refractivity contribution in [2.75, 3.05) is 0 Å². The minimum atomic E-state index is -1.69. The van der Waals surface area contributed by atoms with Crippen LogP contribution in [0.5, 0.6) is 0 Å². The van der Waals surface area contributed by atoms with Crippen LogP contribution in [0.2, 0.25) is 0 Å². The standard InChI is InChI=1S/C5H7Cl3O3/c1-2-3(5(6,7)8)11-4(9)10/h3H,2H2,1H3,(H,9,10). The van der Waals surface area contributed by atoms with E-state index in [1.807, 2.05) is 0 Å². The van der Waals surface area contributed by atoms with Gasteiger partial charge in [0.1, 0.15) is 0 Å². The number of ether oxygens (including phenoxy) is 1. The molecule has 1 unspecified atom stereocenters. The van der Waals surface area contributed by atoms with E-state index in [0.29, 0.717) is 6.42 Å². The number of carbonyl (C=O) groups is 1. The first-order valence-electron chi connectivity index (χ1n) is 2.84. The second-order valence-electron chi connectivity index (χ2n) is 1.82. The lowest BCUT2D eigenvalue weighted by Crippen LogP contribution is -2.29. The number of halogens is 3. The number of hydrogen-bond acceptors (Lipinski definition) is 2. The van der Waals surface area contributed by atoms with Crippen LogP contribution in [-0.2, 0) is 4.74 Å². The molecule has 0 radical (unpaired) electrons. The Morgan fingerprint density at radius 3 is 2.18 bits per heavy atom. The Bertz CT molecular complexity index is 142. The molecule has 3 nitrogen and oxygen atoms in total. The van der Waals surface area contributed by atoms with Crippen molar-refractivity contribution >= 4 is 41.0 Å². The van der Waals surface area contributed by atoms with Gasteiger partial charge in [-0.2, -0.15) is 0 Å². The fraction of sp³-hybridized carbons (Fsp3) is 0.800. The maximum atomic E-state index is 10.0. The van der Waals surface area contributed by atoms with E-state index in [9.17, 15) is 4.79 Å². The highest BCUT2D eigenvalue weighted by atomic mass is 35.6. The van der Waals surface area contributed by atoms with Gasteiger partial charge in [-0.05, 0) is 6.42 Å². The molecule has 0 aromatic carbocycles. The molecule has 0 aromatic rings. The summed E-state index contributed by atoms with van der Waals surface area (Å²) in [6, 6.07) is 0. The van der Waals surface area contributed by atoms with Crippen molar-refractivity contribution in [1.82, 2.24) is 0 Å². The molecule has 0 bridgehead atoms. The van der Waals surface area contributed by atoms with Crippen molar-refractivity contribution in [2.24, 2.45) is 0 Å². The monoisotopic (exact) mass is 220 g/mol. The first kappa shape index (κ1) is 11.1. The van der Waals surface area contributed by atoms with Crippen molar-refractivity contribution in [3.63, 3.8) is 0 Å². The third-order valence-electron chi connectivity index (χ3n) is 0.979. The molecule has 0 saturated heterocycles. The summed E-state index contributed by atoms with van der Waals surface area (Å²) in [5.41, 5.74) is 0. The molecule has 0 rings (SSSR count). The van der Waals surface area contributed by atoms with Crippen molar-refractivity contribution < 1.29 is 14.6 Å². The summed E-state index contributed by atoms with van der Waals surface area (Å²) < 4.78 is 2.60. The Morgan fingerprint density at radius 2 is 2.09 bits per heavy atom. The van der Waals surface area contributed by atoms with Crippen LogP contribution < -0.4 is 0 Å². The number of hydrogen-bond donors (Lipinski definition) is 1. The van der Waals surface area contributed by atoms with Crippen molar-refractivity contribution in [3.05, 3.63) is 0 Å². The average Bonchev–Trinajstić information content (AvgIpc) is 1.79. The maximum absolute atomic E-state index is 10.0. The molecule has 0 fully saturated rings. The zero-order valence-corrected chi connectivity index (χ0v) is 7.95. The van der Waals surface area contributed by atoms with Gasteiger partial charge in [-0.3, -0.25) is 0 Å². The number of alkyl halides is 3. The van der Waals surface area contributed by atoms with Crippen LogP contribution in [0.25, 0.3) is 0 Å². The van der Waals surface area contributed by atoms with Gasteiger partial charge in [-0.25, -0.2) is 4.79 Å². The number of carboxylic acid groups (broad SMARTS) is 1. The summed E-state index contributed by atoms with van der Waals surface area (Å²) in [6.07, 6.45) is -2.03. The van der Waals surface area contributed by atoms with Crippen LogP contribution in [0.15, 0.2) is 0 Å². The van der Waals surface area contributed by atoms with Crippen LogP contribution in [0.4, 0.5) is 4.79 Å². The Labute approximate surface area is 79.2 Å². The maximum Gasteiger partial charge on any atom is 0.506 e. The highest BCUT2D eigenvalue weighted by molar-refractivity contribution is 6.68. The molecule has 0 spiro atoms. The van der Waals surface area contributed by atoms with Crippen molar-refractivity contribution in [2.45, 2.75) is 23.2 Å². The Hall–Kier alpha value is 0.140. The van der Waals surface area contributed by atoms with E-state index in [2.05, 4.69) is 4.74 Å². The quantitative estimate of drug-likeness (QED) is 0.576. The largest absolute Gasteiger partial charge is 0.506 e. The van der Waals surface area contributed by atoms with E-state index in [4.69, 9.17) is 39.9 Å².